The van der Waals surface area contributed by atoms with Crippen LogP contribution < -0.4 is 5.32 Å². The quantitative estimate of drug-likeness (QED) is 0.390. The lowest BCUT2D eigenvalue weighted by atomic mass is 10.0. The Hall–Kier alpha value is -0.490. The molecule has 0 bridgehead atoms. The molecule has 0 atom stereocenters. The summed E-state index contributed by atoms with van der Waals surface area (Å²) >= 11 is 0. The summed E-state index contributed by atoms with van der Waals surface area (Å²) in [6.45, 7) is 10.6. The van der Waals surface area contributed by atoms with Gasteiger partial charge in [0.2, 0.25) is 0 Å². The molecule has 0 amide bonds. The van der Waals surface area contributed by atoms with Gasteiger partial charge in [-0.25, -0.2) is 0 Å². The third-order valence-corrected chi connectivity index (χ3v) is 1.97. The third-order valence-electron chi connectivity index (χ3n) is 1.97. The zero-order valence-electron chi connectivity index (χ0n) is 8.84. The second kappa shape index (κ2) is 4.66. The average Bonchev–Trinajstić information content (AvgIpc) is 2.05. The Bertz CT molecular complexity index is 188. The van der Waals surface area contributed by atoms with E-state index in [2.05, 4.69) is 44.9 Å². The van der Waals surface area contributed by atoms with Gasteiger partial charge in [0.15, 0.2) is 0 Å². The fourth-order valence-electron chi connectivity index (χ4n) is 1.44. The zero-order valence-corrected chi connectivity index (χ0v) is 8.84. The second-order valence-electron chi connectivity index (χ2n) is 4.01. The maximum Gasteiger partial charge on any atom is 0.105 e. The first kappa shape index (κ1) is 15.0. The highest BCUT2D eigenvalue weighted by molar-refractivity contribution is 5.92. The maximum atomic E-state index is 6.00. The third kappa shape index (κ3) is 3.82. The first-order chi connectivity index (χ1) is 5.33. The van der Waals surface area contributed by atoms with E-state index in [4.69, 9.17) is 10.5 Å². The van der Waals surface area contributed by atoms with Gasteiger partial charge < -0.3 is 5.48 Å². The molecule has 1 rings (SSSR count). The summed E-state index contributed by atoms with van der Waals surface area (Å²) in [5.74, 6) is 0. The van der Waals surface area contributed by atoms with E-state index in [0.717, 1.165) is 0 Å². The van der Waals surface area contributed by atoms with Crippen LogP contribution in [0.15, 0.2) is 4.99 Å². The van der Waals surface area contributed by atoms with Crippen LogP contribution >= 0.6 is 0 Å². The van der Waals surface area contributed by atoms with E-state index in [-0.39, 0.29) is 16.7 Å². The van der Waals surface area contributed by atoms with E-state index in [1.54, 1.807) is 0 Å². The lowest BCUT2D eigenvalue weighted by molar-refractivity contribution is -0.176. The van der Waals surface area contributed by atoms with Gasteiger partial charge in [0, 0.05) is 5.71 Å². The highest BCUT2D eigenvalue weighted by Crippen LogP contribution is 2.22. The fraction of sp³-hybridized carbons (Fsp3) is 0.875. The number of nitrogens with one attached hydrogen (secondary N) is 1. The Balaban J connectivity index is 0. The van der Waals surface area contributed by atoms with Gasteiger partial charge in [-0.1, -0.05) is 0 Å². The summed E-state index contributed by atoms with van der Waals surface area (Å²) in [6.07, 6.45) is 0. The van der Waals surface area contributed by atoms with Gasteiger partial charge >= 0.3 is 0 Å². The van der Waals surface area contributed by atoms with Crippen molar-refractivity contribution in [3.63, 3.8) is 0 Å². The minimum Gasteiger partial charge on any atom is -0.412 e. The maximum absolute atomic E-state index is 6.00. The first-order valence-electron chi connectivity index (χ1n) is 3.90. The molecular formula is C8H20N2O3. The highest BCUT2D eigenvalue weighted by Gasteiger charge is 2.35. The van der Waals surface area contributed by atoms with Crippen molar-refractivity contribution in [1.82, 2.24) is 5.32 Å². The van der Waals surface area contributed by atoms with Crippen LogP contribution in [0.2, 0.25) is 0 Å². The molecule has 0 fully saturated rings. The predicted molar refractivity (Wildman–Crippen MR) is 53.3 cm³/mol. The average molecular weight is 192 g/mol. The van der Waals surface area contributed by atoms with E-state index in [1.165, 1.54) is 5.71 Å². The standard InChI is InChI=1S/C8H16N2.H2O2.H2O/c1-6-7(2,3)10-8(4,5)9-6;1-2;/h10H,1-5H3;1-2H;1H2. The van der Waals surface area contributed by atoms with Crippen molar-refractivity contribution in [2.24, 2.45) is 4.99 Å². The van der Waals surface area contributed by atoms with E-state index in [0.29, 0.717) is 0 Å². The van der Waals surface area contributed by atoms with Gasteiger partial charge in [0.25, 0.3) is 0 Å². The van der Waals surface area contributed by atoms with Gasteiger partial charge in [-0.3, -0.25) is 20.8 Å². The van der Waals surface area contributed by atoms with Crippen LogP contribution in [0.3, 0.4) is 0 Å². The van der Waals surface area contributed by atoms with Crippen molar-refractivity contribution in [3.8, 4) is 0 Å². The molecule has 1 aliphatic heterocycles. The van der Waals surface area contributed by atoms with Gasteiger partial charge in [-0.2, -0.15) is 0 Å². The molecule has 80 valence electrons. The van der Waals surface area contributed by atoms with E-state index in [9.17, 15) is 0 Å². The molecule has 1 heterocycles. The van der Waals surface area contributed by atoms with Crippen molar-refractivity contribution in [2.75, 3.05) is 0 Å². The molecule has 0 radical (unpaired) electrons. The number of rotatable bonds is 0. The van der Waals surface area contributed by atoms with E-state index < -0.39 is 0 Å². The smallest absolute Gasteiger partial charge is 0.105 e. The molecular weight excluding hydrogens is 172 g/mol. The monoisotopic (exact) mass is 192 g/mol. The van der Waals surface area contributed by atoms with Crippen LogP contribution in [0.25, 0.3) is 0 Å². The van der Waals surface area contributed by atoms with Gasteiger partial charge in [0.1, 0.15) is 5.66 Å². The fourth-order valence-corrected chi connectivity index (χ4v) is 1.44. The van der Waals surface area contributed by atoms with Gasteiger partial charge in [0.05, 0.1) is 5.54 Å². The molecule has 0 aliphatic carbocycles. The zero-order chi connectivity index (χ0) is 9.99. The second-order valence-corrected chi connectivity index (χ2v) is 4.01. The summed E-state index contributed by atoms with van der Waals surface area (Å²) in [5.41, 5.74) is 1.22. The molecule has 0 spiro atoms. The normalized spacial score (nSPS) is 22.2. The molecule has 5 N–H and O–H groups in total. The van der Waals surface area contributed by atoms with Crippen LogP contribution in [0, 0.1) is 0 Å². The van der Waals surface area contributed by atoms with E-state index >= 15 is 0 Å². The number of hydrogen-bond acceptors (Lipinski definition) is 4. The summed E-state index contributed by atoms with van der Waals surface area (Å²) < 4.78 is 0. The summed E-state index contributed by atoms with van der Waals surface area (Å²) in [6, 6.07) is 0. The minimum atomic E-state index is -0.0619. The number of hydrogen-bond donors (Lipinski definition) is 3. The van der Waals surface area contributed by atoms with Crippen LogP contribution in [0.1, 0.15) is 34.6 Å². The van der Waals surface area contributed by atoms with Crippen molar-refractivity contribution in [2.45, 2.75) is 45.8 Å². The van der Waals surface area contributed by atoms with Crippen molar-refractivity contribution in [3.05, 3.63) is 0 Å². The Morgan fingerprint density at radius 2 is 1.54 bits per heavy atom. The predicted octanol–water partition coefficient (Wildman–Crippen LogP) is 0.758. The van der Waals surface area contributed by atoms with Crippen LogP contribution in [0.4, 0.5) is 0 Å². The van der Waals surface area contributed by atoms with Crippen LogP contribution in [-0.4, -0.2) is 32.9 Å². The first-order valence-corrected chi connectivity index (χ1v) is 3.90. The molecule has 1 aliphatic rings. The Labute approximate surface area is 78.7 Å². The molecule has 0 saturated carbocycles. The Kier molecular flexibility index (Phi) is 5.38. The molecule has 0 unspecified atom stereocenters. The Morgan fingerprint density at radius 3 is 1.62 bits per heavy atom. The minimum absolute atomic E-state index is 0. The lowest BCUT2D eigenvalue weighted by Crippen LogP contribution is -2.47. The van der Waals surface area contributed by atoms with Gasteiger partial charge in [-0.05, 0) is 34.6 Å². The molecule has 0 saturated heterocycles. The topological polar surface area (TPSA) is 96.4 Å². The van der Waals surface area contributed by atoms with E-state index in [1.807, 2.05) is 0 Å². The summed E-state index contributed by atoms with van der Waals surface area (Å²) in [4.78, 5) is 4.48. The summed E-state index contributed by atoms with van der Waals surface area (Å²) in [7, 11) is 0. The van der Waals surface area contributed by atoms with Crippen molar-refractivity contribution >= 4 is 5.71 Å². The lowest BCUT2D eigenvalue weighted by Gasteiger charge is -2.24. The van der Waals surface area contributed by atoms with Crippen molar-refractivity contribution < 1.29 is 16.0 Å². The molecule has 0 aromatic heterocycles. The van der Waals surface area contributed by atoms with Gasteiger partial charge in [-0.15, -0.1) is 0 Å². The highest BCUT2D eigenvalue weighted by atomic mass is 17.0. The molecule has 0 aromatic carbocycles. The van der Waals surface area contributed by atoms with Crippen LogP contribution in [-0.2, 0) is 0 Å². The number of aliphatic imine (C=N–C) groups is 1. The van der Waals surface area contributed by atoms with Crippen molar-refractivity contribution in [1.29, 1.82) is 0 Å². The largest absolute Gasteiger partial charge is 0.412 e. The summed E-state index contributed by atoms with van der Waals surface area (Å²) in [5, 5.41) is 15.4. The Morgan fingerprint density at radius 1 is 1.15 bits per heavy atom. The molecule has 5 heteroatoms. The number of nitrogens with zero attached hydrogens (tertiary/aromatic N) is 1. The van der Waals surface area contributed by atoms with Crippen LogP contribution in [0.5, 0.6) is 0 Å². The molecule has 0 aromatic rings. The molecule has 13 heavy (non-hydrogen) atoms. The SMILES string of the molecule is CC1=NC(C)(C)NC1(C)C.O.OO. The molecule has 5 nitrogen and oxygen atoms in total.